The Hall–Kier alpha value is -2.02. The second kappa shape index (κ2) is 5.16. The topological polar surface area (TPSA) is 75.6 Å². The van der Waals surface area contributed by atoms with Gasteiger partial charge in [-0.2, -0.15) is 0 Å². The Morgan fingerprint density at radius 3 is 2.60 bits per heavy atom. The van der Waals surface area contributed by atoms with E-state index in [9.17, 15) is 18.4 Å². The highest BCUT2D eigenvalue weighted by molar-refractivity contribution is 5.98. The molecule has 108 valence electrons. The minimum atomic E-state index is -1.54. The van der Waals surface area contributed by atoms with Crippen molar-refractivity contribution >= 4 is 17.6 Å². The zero-order valence-electron chi connectivity index (χ0n) is 10.7. The highest BCUT2D eigenvalue weighted by Gasteiger charge is 2.38. The number of nitrogens with one attached hydrogen (secondary N) is 1. The second-order valence-electron chi connectivity index (χ2n) is 4.75. The summed E-state index contributed by atoms with van der Waals surface area (Å²) < 4.78 is 32.1. The number of carbonyl (C=O) groups excluding carboxylic acids is 1. The number of hydrogen-bond donors (Lipinski definition) is 2. The first-order valence-corrected chi connectivity index (χ1v) is 6.01. The fourth-order valence-corrected chi connectivity index (χ4v) is 2.02. The Balaban J connectivity index is 2.27. The molecular weight excluding hydrogens is 272 g/mol. The number of halogens is 2. The lowest BCUT2D eigenvalue weighted by Gasteiger charge is -2.22. The first kappa shape index (κ1) is 14.4. The van der Waals surface area contributed by atoms with Crippen molar-refractivity contribution in [2.24, 2.45) is 0 Å². The monoisotopic (exact) mass is 285 g/mol. The second-order valence-corrected chi connectivity index (χ2v) is 4.75. The van der Waals surface area contributed by atoms with E-state index < -0.39 is 34.7 Å². The van der Waals surface area contributed by atoms with Crippen LogP contribution in [0.25, 0.3) is 0 Å². The van der Waals surface area contributed by atoms with E-state index >= 15 is 0 Å². The zero-order valence-corrected chi connectivity index (χ0v) is 10.7. The molecule has 1 atom stereocenters. The molecule has 1 fully saturated rings. The molecule has 2 rings (SSSR count). The van der Waals surface area contributed by atoms with Gasteiger partial charge in [0, 0.05) is 12.7 Å². The van der Waals surface area contributed by atoms with Crippen molar-refractivity contribution in [2.45, 2.75) is 25.4 Å². The number of benzene rings is 1. The quantitative estimate of drug-likeness (QED) is 0.892. The van der Waals surface area contributed by atoms with E-state index in [2.05, 4.69) is 5.32 Å². The molecule has 1 aromatic rings. The first-order chi connectivity index (χ1) is 9.33. The molecule has 20 heavy (non-hydrogen) atoms. The molecule has 1 amide bonds. The van der Waals surface area contributed by atoms with Crippen LogP contribution in [0.5, 0.6) is 0 Å². The summed E-state index contributed by atoms with van der Waals surface area (Å²) in [6, 6.07) is 1.18. The highest BCUT2D eigenvalue weighted by atomic mass is 19.1. The van der Waals surface area contributed by atoms with E-state index in [4.69, 9.17) is 9.84 Å². The number of carboxylic acids is 1. The fraction of sp³-hybridized carbons (Fsp3) is 0.385. The van der Waals surface area contributed by atoms with E-state index in [1.54, 1.807) is 6.92 Å². The number of aromatic carboxylic acids is 1. The number of amides is 1. The van der Waals surface area contributed by atoms with Crippen LogP contribution in [0.3, 0.4) is 0 Å². The molecule has 5 nitrogen and oxygen atoms in total. The number of rotatable bonds is 3. The summed E-state index contributed by atoms with van der Waals surface area (Å²) in [7, 11) is 0. The molecule has 0 bridgehead atoms. The first-order valence-electron chi connectivity index (χ1n) is 6.01. The molecule has 0 aliphatic carbocycles. The third-order valence-electron chi connectivity index (χ3n) is 3.23. The number of carboxylic acid groups (broad SMARTS) is 1. The summed E-state index contributed by atoms with van der Waals surface area (Å²) in [6.07, 6.45) is 1.18. The van der Waals surface area contributed by atoms with Crippen LogP contribution in [-0.4, -0.2) is 29.2 Å². The van der Waals surface area contributed by atoms with Crippen LogP contribution in [0, 0.1) is 11.6 Å². The predicted molar refractivity (Wildman–Crippen MR) is 65.5 cm³/mol. The van der Waals surface area contributed by atoms with Gasteiger partial charge in [-0.05, 0) is 25.8 Å². The minimum absolute atomic E-state index is 0.384. The van der Waals surface area contributed by atoms with Crippen LogP contribution in [0.2, 0.25) is 0 Å². The average molecular weight is 285 g/mol. The lowest BCUT2D eigenvalue weighted by Crippen LogP contribution is -2.39. The van der Waals surface area contributed by atoms with Crippen molar-refractivity contribution in [3.05, 3.63) is 29.3 Å². The standard InChI is InChI=1S/C13H13F2NO4/c1-13(3-2-4-20-13)12(19)16-10-5-7(11(17)18)8(14)6-9(10)15/h5-6H,2-4H2,1H3,(H,16,19)(H,17,18). The lowest BCUT2D eigenvalue weighted by atomic mass is 10.0. The van der Waals surface area contributed by atoms with Gasteiger partial charge in [0.1, 0.15) is 17.2 Å². The van der Waals surface area contributed by atoms with Crippen molar-refractivity contribution < 1.29 is 28.2 Å². The molecule has 7 heteroatoms. The fourth-order valence-electron chi connectivity index (χ4n) is 2.02. The molecule has 0 radical (unpaired) electrons. The maximum atomic E-state index is 13.6. The average Bonchev–Trinajstić information content (AvgIpc) is 2.80. The Labute approximate surface area is 113 Å². The number of hydrogen-bond acceptors (Lipinski definition) is 3. The van der Waals surface area contributed by atoms with Gasteiger partial charge in [0.15, 0.2) is 0 Å². The van der Waals surface area contributed by atoms with Crippen LogP contribution < -0.4 is 5.32 Å². The van der Waals surface area contributed by atoms with Gasteiger partial charge in [0.05, 0.1) is 11.3 Å². The Bertz CT molecular complexity index is 568. The van der Waals surface area contributed by atoms with Crippen molar-refractivity contribution in [3.8, 4) is 0 Å². The molecule has 1 unspecified atom stereocenters. The summed E-state index contributed by atoms with van der Waals surface area (Å²) in [5, 5.41) is 11.0. The van der Waals surface area contributed by atoms with Gasteiger partial charge in [-0.3, -0.25) is 4.79 Å². The van der Waals surface area contributed by atoms with Crippen molar-refractivity contribution in [1.82, 2.24) is 0 Å². The van der Waals surface area contributed by atoms with E-state index in [0.717, 1.165) is 6.07 Å². The molecule has 0 saturated carbocycles. The van der Waals surface area contributed by atoms with Crippen LogP contribution in [0.4, 0.5) is 14.5 Å². The van der Waals surface area contributed by atoms with E-state index in [0.29, 0.717) is 25.5 Å². The number of anilines is 1. The SMILES string of the molecule is CC1(C(=O)Nc2cc(C(=O)O)c(F)cc2F)CCCO1. The maximum absolute atomic E-state index is 13.6. The van der Waals surface area contributed by atoms with Gasteiger partial charge >= 0.3 is 5.97 Å². The number of carbonyl (C=O) groups is 2. The Morgan fingerprint density at radius 2 is 2.05 bits per heavy atom. The normalized spacial score (nSPS) is 21.8. The third kappa shape index (κ3) is 2.62. The van der Waals surface area contributed by atoms with Crippen LogP contribution in [0.1, 0.15) is 30.1 Å². The molecule has 1 aliphatic rings. The van der Waals surface area contributed by atoms with Gasteiger partial charge in [0.2, 0.25) is 0 Å². The molecule has 1 aliphatic heterocycles. The van der Waals surface area contributed by atoms with Gasteiger partial charge < -0.3 is 15.2 Å². The van der Waals surface area contributed by atoms with E-state index in [-0.39, 0.29) is 5.69 Å². The lowest BCUT2D eigenvalue weighted by molar-refractivity contribution is -0.133. The van der Waals surface area contributed by atoms with Crippen LogP contribution >= 0.6 is 0 Å². The van der Waals surface area contributed by atoms with Gasteiger partial charge in [0.25, 0.3) is 5.91 Å². The van der Waals surface area contributed by atoms with Gasteiger partial charge in [-0.25, -0.2) is 13.6 Å². The van der Waals surface area contributed by atoms with Gasteiger partial charge in [-0.15, -0.1) is 0 Å². The highest BCUT2D eigenvalue weighted by Crippen LogP contribution is 2.28. The van der Waals surface area contributed by atoms with E-state index in [1.165, 1.54) is 0 Å². The Morgan fingerprint density at radius 1 is 1.35 bits per heavy atom. The van der Waals surface area contributed by atoms with Crippen molar-refractivity contribution in [2.75, 3.05) is 11.9 Å². The molecule has 1 saturated heterocycles. The largest absolute Gasteiger partial charge is 0.478 e. The summed E-state index contributed by atoms with van der Waals surface area (Å²) in [5.41, 5.74) is -2.17. The molecule has 0 aromatic heterocycles. The maximum Gasteiger partial charge on any atom is 0.338 e. The van der Waals surface area contributed by atoms with Gasteiger partial charge in [-0.1, -0.05) is 0 Å². The summed E-state index contributed by atoms with van der Waals surface area (Å²) >= 11 is 0. The summed E-state index contributed by atoms with van der Waals surface area (Å²) in [5.74, 6) is -4.36. The zero-order chi connectivity index (χ0) is 14.9. The minimum Gasteiger partial charge on any atom is -0.478 e. The van der Waals surface area contributed by atoms with Crippen LogP contribution in [-0.2, 0) is 9.53 Å². The van der Waals surface area contributed by atoms with Crippen LogP contribution in [0.15, 0.2) is 12.1 Å². The summed E-state index contributed by atoms with van der Waals surface area (Å²) in [6.45, 7) is 1.99. The van der Waals surface area contributed by atoms with Crippen molar-refractivity contribution in [1.29, 1.82) is 0 Å². The third-order valence-corrected chi connectivity index (χ3v) is 3.23. The smallest absolute Gasteiger partial charge is 0.338 e. The molecule has 1 heterocycles. The van der Waals surface area contributed by atoms with Crippen molar-refractivity contribution in [3.63, 3.8) is 0 Å². The number of ether oxygens (including phenoxy) is 1. The Kier molecular flexibility index (Phi) is 3.71. The molecular formula is C13H13F2NO4. The predicted octanol–water partition coefficient (Wildman–Crippen LogP) is 2.17. The molecule has 0 spiro atoms. The summed E-state index contributed by atoms with van der Waals surface area (Å²) in [4.78, 5) is 22.8. The molecule has 1 aromatic carbocycles. The molecule has 2 N–H and O–H groups in total. The van der Waals surface area contributed by atoms with E-state index in [1.807, 2.05) is 0 Å².